The molecule has 188 valence electrons. The molecule has 5 aliphatic rings. The second kappa shape index (κ2) is 7.08. The van der Waals surface area contributed by atoms with Crippen molar-refractivity contribution < 1.29 is 23.1 Å². The number of rotatable bonds is 3. The van der Waals surface area contributed by atoms with Crippen LogP contribution in [0.15, 0.2) is 18.2 Å². The molecule has 1 heterocycles. The van der Waals surface area contributed by atoms with Gasteiger partial charge < -0.3 is 5.11 Å². The summed E-state index contributed by atoms with van der Waals surface area (Å²) in [6.07, 6.45) is 6.45. The molecular formula is C27H32F3N3O2. The zero-order valence-corrected chi connectivity index (χ0v) is 20.0. The molecule has 1 aromatic heterocycles. The van der Waals surface area contributed by atoms with Crippen LogP contribution in [0.25, 0.3) is 11.0 Å². The van der Waals surface area contributed by atoms with E-state index in [-0.39, 0.29) is 47.7 Å². The maximum absolute atomic E-state index is 14.4. The number of hydrogen-bond donors (Lipinski definition) is 1. The number of ketones is 1. The molecule has 5 nitrogen and oxygen atoms in total. The highest BCUT2D eigenvalue weighted by Crippen LogP contribution is 2.73. The highest BCUT2D eigenvalue weighted by Gasteiger charge is 2.84. The molecule has 0 radical (unpaired) electrons. The summed E-state index contributed by atoms with van der Waals surface area (Å²) >= 11 is 0. The first-order valence-electron chi connectivity index (χ1n) is 13.3. The van der Waals surface area contributed by atoms with Crippen LogP contribution >= 0.6 is 0 Å². The van der Waals surface area contributed by atoms with E-state index in [0.717, 1.165) is 38.5 Å². The molecule has 5 saturated carbocycles. The van der Waals surface area contributed by atoms with Gasteiger partial charge in [0.15, 0.2) is 5.78 Å². The van der Waals surface area contributed by atoms with Gasteiger partial charge in [-0.3, -0.25) is 4.79 Å². The van der Waals surface area contributed by atoms with Crippen LogP contribution in [-0.4, -0.2) is 37.4 Å². The molecular weight excluding hydrogens is 455 g/mol. The Hall–Kier alpha value is -1.96. The molecule has 35 heavy (non-hydrogen) atoms. The number of aliphatic hydroxyl groups is 1. The van der Waals surface area contributed by atoms with Gasteiger partial charge in [0.25, 0.3) is 5.92 Å². The number of alkyl halides is 2. The van der Waals surface area contributed by atoms with Gasteiger partial charge in [-0.15, -0.1) is 0 Å². The maximum atomic E-state index is 14.4. The quantitative estimate of drug-likeness (QED) is 0.661. The van der Waals surface area contributed by atoms with Crippen molar-refractivity contribution in [1.82, 2.24) is 15.0 Å². The van der Waals surface area contributed by atoms with Crippen molar-refractivity contribution in [2.24, 2.45) is 46.8 Å². The zero-order chi connectivity index (χ0) is 24.3. The summed E-state index contributed by atoms with van der Waals surface area (Å²) in [6.45, 7) is 2.37. The minimum absolute atomic E-state index is 0.0544. The summed E-state index contributed by atoms with van der Waals surface area (Å²) in [7, 11) is 0. The van der Waals surface area contributed by atoms with E-state index in [4.69, 9.17) is 0 Å². The van der Waals surface area contributed by atoms with E-state index in [1.54, 1.807) is 6.07 Å². The molecule has 8 heteroatoms. The topological polar surface area (TPSA) is 68.0 Å². The molecule has 1 unspecified atom stereocenters. The summed E-state index contributed by atoms with van der Waals surface area (Å²) in [5, 5.41) is 19.1. The van der Waals surface area contributed by atoms with E-state index in [1.165, 1.54) is 16.9 Å². The Morgan fingerprint density at radius 1 is 1.00 bits per heavy atom. The fourth-order valence-electron chi connectivity index (χ4n) is 9.61. The van der Waals surface area contributed by atoms with Crippen molar-refractivity contribution in [2.75, 3.05) is 0 Å². The molecule has 0 amide bonds. The summed E-state index contributed by atoms with van der Waals surface area (Å²) in [5.41, 5.74) is -0.798. The predicted octanol–water partition coefficient (Wildman–Crippen LogP) is 5.01. The van der Waals surface area contributed by atoms with Gasteiger partial charge in [-0.25, -0.2) is 13.2 Å². The van der Waals surface area contributed by atoms with E-state index >= 15 is 0 Å². The number of nitrogens with zero attached hydrogens (tertiary/aromatic N) is 3. The number of fused-ring (bicyclic) bond motifs is 8. The van der Waals surface area contributed by atoms with Crippen LogP contribution < -0.4 is 0 Å². The van der Waals surface area contributed by atoms with Gasteiger partial charge in [0.2, 0.25) is 0 Å². The van der Waals surface area contributed by atoms with Gasteiger partial charge >= 0.3 is 0 Å². The van der Waals surface area contributed by atoms with E-state index in [9.17, 15) is 23.1 Å². The standard InChI is InChI=1S/C27H32F3N3O2/c1-25-10-8-15-16-9-11-26(35)24(27(26,29)30)18(16)4-3-17(15)19(25)5-6-20(25)23(34)13-33-31-21-7-2-14(28)12-22(21)32-33/h2,7,12,15-20,24,35H,3-6,8-11,13H2,1H3/t15-,16-,17-,18+,19+,20-,24?,25+,26-/m1/s1. The van der Waals surface area contributed by atoms with Gasteiger partial charge in [-0.05, 0) is 98.5 Å². The largest absolute Gasteiger partial charge is 0.383 e. The second-order valence-electron chi connectivity index (χ2n) is 12.4. The number of halogens is 3. The Bertz CT molecular complexity index is 1220. The number of Topliss-reactive ketones (excluding diaryl/α,β-unsaturated/α-hetero) is 1. The lowest BCUT2D eigenvalue weighted by Crippen LogP contribution is -2.50. The zero-order valence-electron chi connectivity index (χ0n) is 20.0. The van der Waals surface area contributed by atoms with Crippen molar-refractivity contribution in [3.05, 3.63) is 24.0 Å². The average molecular weight is 488 g/mol. The molecule has 5 fully saturated rings. The molecule has 9 atom stereocenters. The molecule has 0 aliphatic heterocycles. The van der Waals surface area contributed by atoms with Crippen molar-refractivity contribution in [3.8, 4) is 0 Å². The van der Waals surface area contributed by atoms with Crippen molar-refractivity contribution in [1.29, 1.82) is 0 Å². The van der Waals surface area contributed by atoms with Gasteiger partial charge in [0.1, 0.15) is 29.0 Å². The predicted molar refractivity (Wildman–Crippen MR) is 122 cm³/mol. The Morgan fingerprint density at radius 3 is 2.54 bits per heavy atom. The van der Waals surface area contributed by atoms with Crippen LogP contribution in [0, 0.1) is 52.7 Å². The Morgan fingerprint density at radius 2 is 1.71 bits per heavy atom. The Kier molecular flexibility index (Phi) is 4.50. The molecule has 1 N–H and O–H groups in total. The molecule has 0 spiro atoms. The van der Waals surface area contributed by atoms with Crippen molar-refractivity contribution in [2.45, 2.75) is 76.4 Å². The average Bonchev–Trinajstić information content (AvgIpc) is 3.13. The second-order valence-corrected chi connectivity index (χ2v) is 12.4. The number of carbonyl (C=O) groups is 1. The first-order valence-corrected chi connectivity index (χ1v) is 13.3. The van der Waals surface area contributed by atoms with Gasteiger partial charge in [-0.1, -0.05) is 6.92 Å². The lowest BCUT2D eigenvalue weighted by Gasteiger charge is -2.55. The molecule has 0 bridgehead atoms. The van der Waals surface area contributed by atoms with Crippen LogP contribution in [0.2, 0.25) is 0 Å². The normalized spacial score (nSPS) is 45.3. The summed E-state index contributed by atoms with van der Waals surface area (Å²) < 4.78 is 42.4. The smallest absolute Gasteiger partial charge is 0.282 e. The lowest BCUT2D eigenvalue weighted by molar-refractivity contribution is -0.132. The van der Waals surface area contributed by atoms with Gasteiger partial charge in [0.05, 0.1) is 5.92 Å². The monoisotopic (exact) mass is 487 g/mol. The summed E-state index contributed by atoms with van der Waals surface area (Å²) in [6, 6.07) is 4.25. The van der Waals surface area contributed by atoms with E-state index < -0.39 is 17.4 Å². The van der Waals surface area contributed by atoms with Crippen molar-refractivity contribution >= 4 is 16.8 Å². The van der Waals surface area contributed by atoms with Crippen molar-refractivity contribution in [3.63, 3.8) is 0 Å². The Balaban J connectivity index is 1.09. The van der Waals surface area contributed by atoms with Gasteiger partial charge in [0, 0.05) is 12.0 Å². The fourth-order valence-corrected chi connectivity index (χ4v) is 9.61. The fraction of sp³-hybridized carbons (Fsp3) is 0.741. The highest BCUT2D eigenvalue weighted by molar-refractivity contribution is 5.82. The number of carbonyl (C=O) groups excluding carboxylic acids is 1. The third-order valence-corrected chi connectivity index (χ3v) is 11.2. The maximum Gasteiger partial charge on any atom is 0.282 e. The number of benzene rings is 1. The molecule has 5 aliphatic carbocycles. The van der Waals surface area contributed by atoms with Crippen LogP contribution in [0.5, 0.6) is 0 Å². The summed E-state index contributed by atoms with van der Waals surface area (Å²) in [4.78, 5) is 14.9. The minimum Gasteiger partial charge on any atom is -0.383 e. The third-order valence-electron chi connectivity index (χ3n) is 11.2. The highest BCUT2D eigenvalue weighted by atomic mass is 19.3. The molecule has 2 aromatic rings. The van der Waals surface area contributed by atoms with Crippen LogP contribution in [0.4, 0.5) is 13.2 Å². The van der Waals surface area contributed by atoms with E-state index in [1.807, 2.05) is 0 Å². The first kappa shape index (κ1) is 22.3. The molecule has 0 saturated heterocycles. The van der Waals surface area contributed by atoms with Gasteiger partial charge in [-0.2, -0.15) is 15.0 Å². The summed E-state index contributed by atoms with van der Waals surface area (Å²) in [5.74, 6) is -2.45. The third kappa shape index (κ3) is 2.89. The number of hydrogen-bond acceptors (Lipinski definition) is 4. The minimum atomic E-state index is -2.91. The number of aromatic nitrogens is 3. The molecule has 7 rings (SSSR count). The molecule has 1 aromatic carbocycles. The van der Waals surface area contributed by atoms with E-state index in [0.29, 0.717) is 35.2 Å². The van der Waals surface area contributed by atoms with E-state index in [2.05, 4.69) is 17.1 Å². The van der Waals surface area contributed by atoms with Crippen LogP contribution in [0.1, 0.15) is 58.3 Å². The first-order chi connectivity index (χ1) is 16.6. The Labute approximate surface area is 202 Å². The van der Waals surface area contributed by atoms with Crippen LogP contribution in [0.3, 0.4) is 0 Å². The SMILES string of the molecule is C[C@]12CC[C@@H]3[C@H]4CC[C@@]5(O)C([C@H]4CC[C@H]3[C@@H]1CC[C@@H]2C(=O)Cn1nc2ccc(F)cc2n1)C5(F)F. The lowest BCUT2D eigenvalue weighted by atomic mass is 9.49. The van der Waals surface area contributed by atoms with Crippen LogP contribution in [-0.2, 0) is 11.3 Å².